The Morgan fingerprint density at radius 2 is 1.71 bits per heavy atom. The molecule has 0 saturated heterocycles. The molecule has 0 spiro atoms. The summed E-state index contributed by atoms with van der Waals surface area (Å²) in [5, 5.41) is 4.14. The molecule has 0 fully saturated rings. The van der Waals surface area contributed by atoms with Gasteiger partial charge in [-0.15, -0.1) is 11.3 Å². The van der Waals surface area contributed by atoms with E-state index in [0.717, 1.165) is 17.0 Å². The van der Waals surface area contributed by atoms with Crippen molar-refractivity contribution in [3.8, 4) is 0 Å². The zero-order valence-electron chi connectivity index (χ0n) is 15.7. The molecule has 31 heavy (non-hydrogen) atoms. The topological polar surface area (TPSA) is 75.3 Å². The van der Waals surface area contributed by atoms with Crippen LogP contribution in [0.3, 0.4) is 0 Å². The average Bonchev–Trinajstić information content (AvgIpc) is 3.24. The Kier molecular flexibility index (Phi) is 6.77. The normalized spacial score (nSPS) is 12.0. The van der Waals surface area contributed by atoms with E-state index in [9.17, 15) is 30.8 Å². The molecule has 2 N–H and O–H groups in total. The van der Waals surface area contributed by atoms with E-state index in [0.29, 0.717) is 6.07 Å². The molecular formula is C20H16F4N2O3S2. The Morgan fingerprint density at radius 3 is 2.32 bits per heavy atom. The Morgan fingerprint density at radius 1 is 1.00 bits per heavy atom. The minimum atomic E-state index is -4.77. The van der Waals surface area contributed by atoms with E-state index in [1.807, 2.05) is 5.38 Å². The third-order valence-corrected chi connectivity index (χ3v) is 6.55. The lowest BCUT2D eigenvalue weighted by Gasteiger charge is -2.14. The second kappa shape index (κ2) is 9.16. The van der Waals surface area contributed by atoms with Crippen molar-refractivity contribution in [2.24, 2.45) is 0 Å². The highest BCUT2D eigenvalue weighted by Crippen LogP contribution is 2.32. The Hall–Kier alpha value is -2.76. The fraction of sp³-hybridized carbons (Fsp3) is 0.150. The summed E-state index contributed by atoms with van der Waals surface area (Å²) in [5.41, 5.74) is -1.40. The van der Waals surface area contributed by atoms with Crippen molar-refractivity contribution in [2.45, 2.75) is 24.2 Å². The predicted octanol–water partition coefficient (Wildman–Crippen LogP) is 4.31. The molecule has 0 bridgehead atoms. The summed E-state index contributed by atoms with van der Waals surface area (Å²) in [6.07, 6.45) is -4.77. The monoisotopic (exact) mass is 472 g/mol. The summed E-state index contributed by atoms with van der Waals surface area (Å²) < 4.78 is 79.4. The second-order valence-electron chi connectivity index (χ2n) is 6.41. The third-order valence-electron chi connectivity index (χ3n) is 4.26. The molecule has 3 aromatic rings. The first-order valence-electron chi connectivity index (χ1n) is 8.82. The lowest BCUT2D eigenvalue weighted by atomic mass is 10.1. The van der Waals surface area contributed by atoms with Gasteiger partial charge in [-0.05, 0) is 53.4 Å². The van der Waals surface area contributed by atoms with Crippen molar-refractivity contribution in [3.05, 3.63) is 87.4 Å². The molecule has 0 aliphatic heterocycles. The van der Waals surface area contributed by atoms with Gasteiger partial charge in [0, 0.05) is 23.5 Å². The molecule has 11 heteroatoms. The molecule has 0 unspecified atom stereocenters. The van der Waals surface area contributed by atoms with E-state index in [-0.39, 0.29) is 22.6 Å². The van der Waals surface area contributed by atoms with Gasteiger partial charge in [0.05, 0.1) is 10.5 Å². The second-order valence-corrected chi connectivity index (χ2v) is 9.21. The number of amides is 1. The molecule has 0 atom stereocenters. The quantitative estimate of drug-likeness (QED) is 0.503. The maximum absolute atomic E-state index is 13.2. The van der Waals surface area contributed by atoms with Crippen LogP contribution in [0.4, 0.5) is 17.6 Å². The first kappa shape index (κ1) is 22.9. The SMILES string of the molecule is O=C(NCc1ccc(F)cc1C(F)(F)F)c1ccc(S(=O)(=O)NCc2cccs2)cc1. The fourth-order valence-electron chi connectivity index (χ4n) is 2.69. The highest BCUT2D eigenvalue weighted by atomic mass is 32.2. The minimum absolute atomic E-state index is 0.0569. The Balaban J connectivity index is 1.66. The van der Waals surface area contributed by atoms with Crippen molar-refractivity contribution < 1.29 is 30.8 Å². The smallest absolute Gasteiger partial charge is 0.348 e. The molecule has 1 aromatic heterocycles. The van der Waals surface area contributed by atoms with Crippen LogP contribution in [0.5, 0.6) is 0 Å². The Labute approximate surface area is 179 Å². The maximum atomic E-state index is 13.2. The van der Waals surface area contributed by atoms with Crippen molar-refractivity contribution in [1.29, 1.82) is 0 Å². The van der Waals surface area contributed by atoms with Gasteiger partial charge in [-0.2, -0.15) is 13.2 Å². The van der Waals surface area contributed by atoms with Crippen molar-refractivity contribution in [2.75, 3.05) is 0 Å². The lowest BCUT2D eigenvalue weighted by Crippen LogP contribution is -2.25. The molecule has 0 radical (unpaired) electrons. The number of hydrogen-bond donors (Lipinski definition) is 2. The molecule has 0 aliphatic rings. The van der Waals surface area contributed by atoms with E-state index in [1.165, 1.54) is 35.6 Å². The van der Waals surface area contributed by atoms with E-state index in [2.05, 4.69) is 10.0 Å². The van der Waals surface area contributed by atoms with Crippen molar-refractivity contribution in [3.63, 3.8) is 0 Å². The van der Waals surface area contributed by atoms with Gasteiger partial charge < -0.3 is 5.32 Å². The van der Waals surface area contributed by atoms with E-state index < -0.39 is 40.0 Å². The summed E-state index contributed by atoms with van der Waals surface area (Å²) in [5.74, 6) is -1.74. The summed E-state index contributed by atoms with van der Waals surface area (Å²) >= 11 is 1.40. The number of alkyl halides is 3. The van der Waals surface area contributed by atoms with Gasteiger partial charge in [-0.3, -0.25) is 4.79 Å². The Bertz CT molecular complexity index is 1160. The molecule has 1 heterocycles. The largest absolute Gasteiger partial charge is 0.416 e. The summed E-state index contributed by atoms with van der Waals surface area (Å²) in [4.78, 5) is 13.0. The highest BCUT2D eigenvalue weighted by Gasteiger charge is 2.33. The van der Waals surface area contributed by atoms with Crippen LogP contribution in [0.2, 0.25) is 0 Å². The zero-order chi connectivity index (χ0) is 22.6. The number of carbonyl (C=O) groups excluding carboxylic acids is 1. The van der Waals surface area contributed by atoms with Gasteiger partial charge in [-0.1, -0.05) is 12.1 Å². The van der Waals surface area contributed by atoms with Gasteiger partial charge in [0.15, 0.2) is 0 Å². The fourth-order valence-corrected chi connectivity index (χ4v) is 4.43. The third kappa shape index (κ3) is 5.90. The van der Waals surface area contributed by atoms with Crippen LogP contribution in [0.15, 0.2) is 64.9 Å². The molecule has 5 nitrogen and oxygen atoms in total. The molecular weight excluding hydrogens is 456 g/mol. The van der Waals surface area contributed by atoms with Crippen LogP contribution < -0.4 is 10.0 Å². The summed E-state index contributed by atoms with van der Waals surface area (Å²) in [6, 6.07) is 10.7. The number of carbonyl (C=O) groups is 1. The van der Waals surface area contributed by atoms with Gasteiger partial charge in [0.25, 0.3) is 5.91 Å². The van der Waals surface area contributed by atoms with Gasteiger partial charge in [-0.25, -0.2) is 17.5 Å². The van der Waals surface area contributed by atoms with E-state index in [4.69, 9.17) is 0 Å². The first-order chi connectivity index (χ1) is 14.6. The van der Waals surface area contributed by atoms with Gasteiger partial charge >= 0.3 is 6.18 Å². The number of hydrogen-bond acceptors (Lipinski definition) is 4. The number of nitrogens with one attached hydrogen (secondary N) is 2. The number of halogens is 4. The number of thiophene rings is 1. The first-order valence-corrected chi connectivity index (χ1v) is 11.2. The van der Waals surface area contributed by atoms with Crippen LogP contribution in [-0.2, 0) is 29.3 Å². The molecule has 0 saturated carbocycles. The summed E-state index contributed by atoms with van der Waals surface area (Å²) in [6.45, 7) is -0.349. The number of sulfonamides is 1. The van der Waals surface area contributed by atoms with E-state index >= 15 is 0 Å². The average molecular weight is 472 g/mol. The number of rotatable bonds is 7. The summed E-state index contributed by atoms with van der Waals surface area (Å²) in [7, 11) is -3.80. The lowest BCUT2D eigenvalue weighted by molar-refractivity contribution is -0.138. The van der Waals surface area contributed by atoms with Crippen molar-refractivity contribution in [1.82, 2.24) is 10.0 Å². The minimum Gasteiger partial charge on any atom is -0.348 e. The maximum Gasteiger partial charge on any atom is 0.416 e. The molecule has 3 rings (SSSR count). The van der Waals surface area contributed by atoms with Crippen LogP contribution in [0, 0.1) is 5.82 Å². The molecule has 2 aromatic carbocycles. The van der Waals surface area contributed by atoms with Crippen LogP contribution in [-0.4, -0.2) is 14.3 Å². The standard InChI is InChI=1S/C20H16F4N2O3S2/c21-15-6-3-14(18(10-15)20(22,23)24)11-25-19(27)13-4-7-17(8-5-13)31(28,29)26-12-16-2-1-9-30-16/h1-10,26H,11-12H2,(H,25,27). The van der Waals surface area contributed by atoms with Gasteiger partial charge in [0.2, 0.25) is 10.0 Å². The molecule has 1 amide bonds. The zero-order valence-corrected chi connectivity index (χ0v) is 17.4. The van der Waals surface area contributed by atoms with Crippen LogP contribution in [0.25, 0.3) is 0 Å². The van der Waals surface area contributed by atoms with Gasteiger partial charge in [0.1, 0.15) is 5.82 Å². The molecule has 0 aliphatic carbocycles. The van der Waals surface area contributed by atoms with Crippen molar-refractivity contribution >= 4 is 27.3 Å². The molecule has 164 valence electrons. The number of benzene rings is 2. The highest BCUT2D eigenvalue weighted by molar-refractivity contribution is 7.89. The predicted molar refractivity (Wildman–Crippen MR) is 107 cm³/mol. The van der Waals surface area contributed by atoms with Crippen LogP contribution in [0.1, 0.15) is 26.4 Å². The van der Waals surface area contributed by atoms with Crippen LogP contribution >= 0.6 is 11.3 Å². The van der Waals surface area contributed by atoms with E-state index in [1.54, 1.807) is 12.1 Å².